The Kier molecular flexibility index (Phi) is 5.01. The van der Waals surface area contributed by atoms with E-state index in [-0.39, 0.29) is 5.54 Å². The van der Waals surface area contributed by atoms with Gasteiger partial charge in [0.1, 0.15) is 5.82 Å². The summed E-state index contributed by atoms with van der Waals surface area (Å²) in [6.45, 7) is 9.47. The third-order valence-corrected chi connectivity index (χ3v) is 4.23. The largest absolute Gasteiger partial charge is 0.327 e. The van der Waals surface area contributed by atoms with Crippen molar-refractivity contribution < 1.29 is 0 Å². The molecule has 0 atom stereocenters. The van der Waals surface area contributed by atoms with Gasteiger partial charge in [-0.1, -0.05) is 19.1 Å². The van der Waals surface area contributed by atoms with E-state index in [2.05, 4.69) is 73.9 Å². The van der Waals surface area contributed by atoms with Gasteiger partial charge in [-0.25, -0.2) is 4.98 Å². The van der Waals surface area contributed by atoms with Gasteiger partial charge in [-0.3, -0.25) is 0 Å². The standard InChI is InChI=1S/C17H28N4/c1-6-11-21-15-10-8-7-9-14(15)19-16(21)12-18-13-17(2,3)20(4)5/h7-10,18H,6,11-13H2,1-5H3. The van der Waals surface area contributed by atoms with Crippen LogP contribution in [0.1, 0.15) is 33.0 Å². The van der Waals surface area contributed by atoms with Crippen molar-refractivity contribution >= 4 is 11.0 Å². The number of hydrogen-bond acceptors (Lipinski definition) is 3. The molecule has 4 nitrogen and oxygen atoms in total. The maximum atomic E-state index is 4.78. The highest BCUT2D eigenvalue weighted by molar-refractivity contribution is 5.75. The van der Waals surface area contributed by atoms with E-state index in [0.717, 1.165) is 37.4 Å². The summed E-state index contributed by atoms with van der Waals surface area (Å²) >= 11 is 0. The Hall–Kier alpha value is -1.39. The van der Waals surface area contributed by atoms with Crippen molar-refractivity contribution in [3.63, 3.8) is 0 Å². The second-order valence-electron chi connectivity index (χ2n) is 6.48. The fraction of sp³-hybridized carbons (Fsp3) is 0.588. The first-order chi connectivity index (χ1) is 9.95. The third-order valence-electron chi connectivity index (χ3n) is 4.23. The molecular formula is C17H28N4. The van der Waals surface area contributed by atoms with E-state index >= 15 is 0 Å². The van der Waals surface area contributed by atoms with Crippen LogP contribution >= 0.6 is 0 Å². The molecule has 0 bridgehead atoms. The van der Waals surface area contributed by atoms with Crippen LogP contribution in [0.3, 0.4) is 0 Å². The molecule has 21 heavy (non-hydrogen) atoms. The van der Waals surface area contributed by atoms with Gasteiger partial charge in [0, 0.05) is 18.6 Å². The maximum absolute atomic E-state index is 4.78. The molecule has 2 aromatic rings. The zero-order chi connectivity index (χ0) is 15.5. The van der Waals surface area contributed by atoms with Gasteiger partial charge in [-0.15, -0.1) is 0 Å². The number of nitrogens with one attached hydrogen (secondary N) is 1. The predicted molar refractivity (Wildman–Crippen MR) is 89.5 cm³/mol. The van der Waals surface area contributed by atoms with E-state index in [1.165, 1.54) is 5.52 Å². The Morgan fingerprint density at radius 3 is 2.62 bits per heavy atom. The molecule has 1 aromatic heterocycles. The fourth-order valence-electron chi connectivity index (χ4n) is 2.37. The molecule has 0 amide bonds. The molecule has 1 aromatic carbocycles. The predicted octanol–water partition coefficient (Wildman–Crippen LogP) is 2.88. The molecule has 0 saturated carbocycles. The van der Waals surface area contributed by atoms with Crippen LogP contribution in [0.15, 0.2) is 24.3 Å². The molecule has 0 spiro atoms. The van der Waals surface area contributed by atoms with Crippen LogP contribution in [0, 0.1) is 0 Å². The van der Waals surface area contributed by atoms with E-state index in [1.54, 1.807) is 0 Å². The normalized spacial score (nSPS) is 12.5. The number of imidazole rings is 1. The van der Waals surface area contributed by atoms with Gasteiger partial charge in [0.2, 0.25) is 0 Å². The van der Waals surface area contributed by atoms with Crippen molar-refractivity contribution in [2.45, 2.75) is 45.8 Å². The molecule has 0 saturated heterocycles. The highest BCUT2D eigenvalue weighted by atomic mass is 15.2. The summed E-state index contributed by atoms with van der Waals surface area (Å²) in [5, 5.41) is 3.56. The molecule has 2 rings (SSSR count). The van der Waals surface area contributed by atoms with Gasteiger partial charge < -0.3 is 14.8 Å². The minimum Gasteiger partial charge on any atom is -0.327 e. The van der Waals surface area contributed by atoms with Gasteiger partial charge in [0.05, 0.1) is 17.6 Å². The lowest BCUT2D eigenvalue weighted by atomic mass is 10.0. The van der Waals surface area contributed by atoms with E-state index in [9.17, 15) is 0 Å². The van der Waals surface area contributed by atoms with Gasteiger partial charge >= 0.3 is 0 Å². The third kappa shape index (κ3) is 3.63. The van der Waals surface area contributed by atoms with E-state index in [1.807, 2.05) is 0 Å². The molecule has 0 aliphatic rings. The molecule has 0 unspecified atom stereocenters. The zero-order valence-corrected chi connectivity index (χ0v) is 14.0. The number of nitrogens with zero attached hydrogens (tertiary/aromatic N) is 3. The summed E-state index contributed by atoms with van der Waals surface area (Å²) < 4.78 is 2.34. The van der Waals surface area contributed by atoms with E-state index < -0.39 is 0 Å². The second kappa shape index (κ2) is 6.58. The Bertz CT molecular complexity index is 583. The van der Waals surface area contributed by atoms with Gasteiger partial charge in [0.25, 0.3) is 0 Å². The Morgan fingerprint density at radius 2 is 1.95 bits per heavy atom. The summed E-state index contributed by atoms with van der Waals surface area (Å²) in [7, 11) is 4.24. The van der Waals surface area contributed by atoms with Crippen LogP contribution in [-0.4, -0.2) is 40.6 Å². The first-order valence-electron chi connectivity index (χ1n) is 7.78. The topological polar surface area (TPSA) is 33.1 Å². The van der Waals surface area contributed by atoms with E-state index in [0.29, 0.717) is 0 Å². The number of para-hydroxylation sites is 2. The number of likely N-dealkylation sites (N-methyl/N-ethyl adjacent to an activating group) is 1. The highest BCUT2D eigenvalue weighted by Gasteiger charge is 2.20. The Labute approximate surface area is 128 Å². The molecule has 116 valence electrons. The quantitative estimate of drug-likeness (QED) is 0.850. The SMILES string of the molecule is CCCn1c(CNCC(C)(C)N(C)C)nc2ccccc21. The number of benzene rings is 1. The lowest BCUT2D eigenvalue weighted by Crippen LogP contribution is -2.46. The van der Waals surface area contributed by atoms with Crippen molar-refractivity contribution in [2.24, 2.45) is 0 Å². The van der Waals surface area contributed by atoms with Crippen molar-refractivity contribution in [3.05, 3.63) is 30.1 Å². The fourth-order valence-corrected chi connectivity index (χ4v) is 2.37. The van der Waals surface area contributed by atoms with Crippen molar-refractivity contribution in [3.8, 4) is 0 Å². The van der Waals surface area contributed by atoms with Gasteiger partial charge in [0.15, 0.2) is 0 Å². The van der Waals surface area contributed by atoms with Crippen LogP contribution in [0.2, 0.25) is 0 Å². The minimum absolute atomic E-state index is 0.140. The first-order valence-corrected chi connectivity index (χ1v) is 7.78. The van der Waals surface area contributed by atoms with Crippen molar-refractivity contribution in [2.75, 3.05) is 20.6 Å². The number of aromatic nitrogens is 2. The average Bonchev–Trinajstić information content (AvgIpc) is 2.77. The lowest BCUT2D eigenvalue weighted by Gasteiger charge is -2.32. The Balaban J connectivity index is 2.13. The smallest absolute Gasteiger partial charge is 0.123 e. The lowest BCUT2D eigenvalue weighted by molar-refractivity contribution is 0.189. The van der Waals surface area contributed by atoms with Crippen molar-refractivity contribution in [1.29, 1.82) is 0 Å². The van der Waals surface area contributed by atoms with Gasteiger partial charge in [-0.05, 0) is 46.5 Å². The summed E-state index contributed by atoms with van der Waals surface area (Å²) in [4.78, 5) is 7.03. The molecule has 1 heterocycles. The number of aryl methyl sites for hydroxylation is 1. The maximum Gasteiger partial charge on any atom is 0.123 e. The minimum atomic E-state index is 0.140. The average molecular weight is 288 g/mol. The molecule has 0 fully saturated rings. The number of hydrogen-bond donors (Lipinski definition) is 1. The molecule has 0 radical (unpaired) electrons. The van der Waals surface area contributed by atoms with Crippen LogP contribution in [0.25, 0.3) is 11.0 Å². The van der Waals surface area contributed by atoms with Crippen LogP contribution in [0.4, 0.5) is 0 Å². The van der Waals surface area contributed by atoms with Crippen LogP contribution in [-0.2, 0) is 13.1 Å². The molecule has 1 N–H and O–H groups in total. The molecule has 0 aliphatic carbocycles. The van der Waals surface area contributed by atoms with Crippen LogP contribution in [0.5, 0.6) is 0 Å². The van der Waals surface area contributed by atoms with Gasteiger partial charge in [-0.2, -0.15) is 0 Å². The molecule has 0 aliphatic heterocycles. The summed E-state index contributed by atoms with van der Waals surface area (Å²) in [6, 6.07) is 8.39. The number of fused-ring (bicyclic) bond motifs is 1. The van der Waals surface area contributed by atoms with E-state index in [4.69, 9.17) is 4.98 Å². The second-order valence-corrected chi connectivity index (χ2v) is 6.48. The monoisotopic (exact) mass is 288 g/mol. The summed E-state index contributed by atoms with van der Waals surface area (Å²) in [5.41, 5.74) is 2.47. The molecular weight excluding hydrogens is 260 g/mol. The highest BCUT2D eigenvalue weighted by Crippen LogP contribution is 2.17. The summed E-state index contributed by atoms with van der Waals surface area (Å²) in [6.07, 6.45) is 1.12. The van der Waals surface area contributed by atoms with Crippen molar-refractivity contribution in [1.82, 2.24) is 19.8 Å². The first kappa shape index (κ1) is 16.0. The Morgan fingerprint density at radius 1 is 1.24 bits per heavy atom. The number of rotatable bonds is 7. The van der Waals surface area contributed by atoms with Crippen LogP contribution < -0.4 is 5.32 Å². The summed E-state index contributed by atoms with van der Waals surface area (Å²) in [5.74, 6) is 1.13. The molecule has 4 heteroatoms. The zero-order valence-electron chi connectivity index (χ0n) is 14.0.